The molecule has 1 N–H and O–H groups in total. The van der Waals surface area contributed by atoms with Crippen LogP contribution in [0.3, 0.4) is 0 Å². The summed E-state index contributed by atoms with van der Waals surface area (Å²) < 4.78 is 0.976. The topological polar surface area (TPSA) is 46.2 Å². The molecule has 1 fully saturated rings. The summed E-state index contributed by atoms with van der Waals surface area (Å²) in [7, 11) is 0. The summed E-state index contributed by atoms with van der Waals surface area (Å²) in [4.78, 5) is 23.4. The Morgan fingerprint density at radius 2 is 2.21 bits per heavy atom. The highest BCUT2D eigenvalue weighted by Gasteiger charge is 2.24. The van der Waals surface area contributed by atoms with Crippen molar-refractivity contribution < 1.29 is 9.59 Å². The molecule has 1 aliphatic rings. The minimum absolute atomic E-state index is 0.308. The summed E-state index contributed by atoms with van der Waals surface area (Å²) in [5.41, 5.74) is 0. The van der Waals surface area contributed by atoms with Gasteiger partial charge in [-0.2, -0.15) is 0 Å². The zero-order chi connectivity index (χ0) is 10.1. The first-order chi connectivity index (χ1) is 6.65. The van der Waals surface area contributed by atoms with Crippen molar-refractivity contribution in [1.29, 1.82) is 0 Å². The third-order valence-electron chi connectivity index (χ3n) is 1.50. The summed E-state index contributed by atoms with van der Waals surface area (Å²) >= 11 is 5.76. The van der Waals surface area contributed by atoms with E-state index in [9.17, 15) is 9.59 Å². The number of hydrogen-bond acceptors (Lipinski definition) is 4. The smallest absolute Gasteiger partial charge is 0.282 e. The molecule has 0 atom stereocenters. The lowest BCUT2D eigenvalue weighted by molar-refractivity contribution is -0.115. The van der Waals surface area contributed by atoms with Gasteiger partial charge < -0.3 is 0 Å². The molecule has 0 unspecified atom stereocenters. The lowest BCUT2D eigenvalue weighted by atomic mass is 10.4. The number of thiophene rings is 1. The van der Waals surface area contributed by atoms with E-state index in [-0.39, 0.29) is 11.1 Å². The quantitative estimate of drug-likeness (QED) is 0.809. The van der Waals surface area contributed by atoms with E-state index in [2.05, 4.69) is 21.2 Å². The maximum atomic E-state index is 11.2. The maximum Gasteiger partial charge on any atom is 0.290 e. The number of carbonyl (C=O) groups excluding carboxylic acids is 2. The van der Waals surface area contributed by atoms with E-state index in [1.54, 1.807) is 6.08 Å². The van der Waals surface area contributed by atoms with Gasteiger partial charge in [-0.25, -0.2) is 0 Å². The first-order valence-corrected chi connectivity index (χ1v) is 6.13. The molecule has 0 aromatic carbocycles. The highest BCUT2D eigenvalue weighted by atomic mass is 79.9. The van der Waals surface area contributed by atoms with Crippen LogP contribution in [-0.2, 0) is 4.79 Å². The van der Waals surface area contributed by atoms with E-state index in [0.717, 1.165) is 21.1 Å². The Balaban J connectivity index is 2.27. The van der Waals surface area contributed by atoms with E-state index < -0.39 is 0 Å². The monoisotopic (exact) mass is 289 g/mol. The third-order valence-corrected chi connectivity index (χ3v) is 3.95. The Bertz CT molecular complexity index is 438. The molecule has 0 spiro atoms. The number of rotatable bonds is 1. The number of amides is 2. The zero-order valence-electron chi connectivity index (χ0n) is 6.74. The van der Waals surface area contributed by atoms with Gasteiger partial charge in [0.05, 0.1) is 4.91 Å². The normalized spacial score (nSPS) is 19.1. The fraction of sp³-hybridized carbons (Fsp3) is 0. The van der Waals surface area contributed by atoms with Crippen LogP contribution in [0.25, 0.3) is 6.08 Å². The minimum atomic E-state index is -0.315. The summed E-state index contributed by atoms with van der Waals surface area (Å²) in [6, 6.07) is 1.90. The van der Waals surface area contributed by atoms with Crippen molar-refractivity contribution in [3.8, 4) is 0 Å². The van der Waals surface area contributed by atoms with Gasteiger partial charge in [0, 0.05) is 14.7 Å². The average Bonchev–Trinajstić information content (AvgIpc) is 2.61. The van der Waals surface area contributed by atoms with Crippen LogP contribution in [0.4, 0.5) is 4.79 Å². The van der Waals surface area contributed by atoms with Gasteiger partial charge in [0.1, 0.15) is 0 Å². The zero-order valence-corrected chi connectivity index (χ0v) is 9.96. The van der Waals surface area contributed by atoms with Gasteiger partial charge in [-0.05, 0) is 39.8 Å². The Morgan fingerprint density at radius 3 is 2.71 bits per heavy atom. The Hall–Kier alpha value is -0.590. The van der Waals surface area contributed by atoms with E-state index in [4.69, 9.17) is 0 Å². The van der Waals surface area contributed by atoms with E-state index in [0.29, 0.717) is 4.91 Å². The lowest BCUT2D eigenvalue weighted by Gasteiger charge is -1.87. The van der Waals surface area contributed by atoms with Gasteiger partial charge in [0.2, 0.25) is 0 Å². The number of thioether (sulfide) groups is 1. The molecule has 1 saturated heterocycles. The van der Waals surface area contributed by atoms with Crippen molar-refractivity contribution in [2.75, 3.05) is 0 Å². The van der Waals surface area contributed by atoms with Crippen molar-refractivity contribution in [3.05, 3.63) is 25.7 Å². The molecular formula is C8H4BrNO2S2. The molecule has 0 aliphatic carbocycles. The second-order valence-electron chi connectivity index (χ2n) is 2.52. The molecule has 1 aromatic heterocycles. The van der Waals surface area contributed by atoms with Crippen LogP contribution < -0.4 is 5.32 Å². The van der Waals surface area contributed by atoms with Gasteiger partial charge >= 0.3 is 0 Å². The van der Waals surface area contributed by atoms with Gasteiger partial charge in [0.25, 0.3) is 11.1 Å². The molecule has 1 aliphatic heterocycles. The molecule has 6 heteroatoms. The summed E-state index contributed by atoms with van der Waals surface area (Å²) in [6.45, 7) is 0. The Kier molecular flexibility index (Phi) is 2.76. The highest BCUT2D eigenvalue weighted by molar-refractivity contribution is 9.10. The van der Waals surface area contributed by atoms with Crippen LogP contribution in [0.2, 0.25) is 0 Å². The van der Waals surface area contributed by atoms with E-state index in [1.165, 1.54) is 11.3 Å². The summed E-state index contributed by atoms with van der Waals surface area (Å²) in [5, 5.41) is 3.82. The van der Waals surface area contributed by atoms with Crippen LogP contribution in [-0.4, -0.2) is 11.1 Å². The third kappa shape index (κ3) is 2.08. The number of nitrogens with one attached hydrogen (secondary N) is 1. The Morgan fingerprint density at radius 1 is 1.43 bits per heavy atom. The Labute approximate surface area is 96.7 Å². The standard InChI is InChI=1S/C8H4BrNO2S2/c9-4-1-5(13-3-4)2-6-7(11)10-8(12)14-6/h1-3H,(H,10,11,12)/b6-2-. The van der Waals surface area contributed by atoms with Crippen LogP contribution in [0, 0.1) is 0 Å². The van der Waals surface area contributed by atoms with Crippen molar-refractivity contribution >= 4 is 56.3 Å². The van der Waals surface area contributed by atoms with Crippen molar-refractivity contribution in [3.63, 3.8) is 0 Å². The van der Waals surface area contributed by atoms with Crippen LogP contribution >= 0.6 is 39.0 Å². The molecule has 2 heterocycles. The largest absolute Gasteiger partial charge is 0.290 e. The van der Waals surface area contributed by atoms with E-state index >= 15 is 0 Å². The molecule has 72 valence electrons. The van der Waals surface area contributed by atoms with Crippen LogP contribution in [0.5, 0.6) is 0 Å². The van der Waals surface area contributed by atoms with Crippen LogP contribution in [0.1, 0.15) is 4.88 Å². The lowest BCUT2D eigenvalue weighted by Crippen LogP contribution is -2.17. The molecule has 0 saturated carbocycles. The van der Waals surface area contributed by atoms with Gasteiger partial charge in [-0.1, -0.05) is 0 Å². The van der Waals surface area contributed by atoms with Crippen molar-refractivity contribution in [1.82, 2.24) is 5.32 Å². The number of hydrogen-bond donors (Lipinski definition) is 1. The molecule has 0 radical (unpaired) electrons. The van der Waals surface area contributed by atoms with Crippen LogP contribution in [0.15, 0.2) is 20.8 Å². The minimum Gasteiger partial charge on any atom is -0.282 e. The molecule has 2 amide bonds. The molecule has 3 nitrogen and oxygen atoms in total. The maximum absolute atomic E-state index is 11.2. The predicted molar refractivity (Wildman–Crippen MR) is 61.1 cm³/mol. The van der Waals surface area contributed by atoms with Gasteiger partial charge in [-0.3, -0.25) is 14.9 Å². The van der Waals surface area contributed by atoms with Gasteiger partial charge in [0.15, 0.2) is 0 Å². The SMILES string of the molecule is O=C1NC(=O)/C(=C/c2cc(Br)cs2)S1. The number of carbonyl (C=O) groups is 2. The molecule has 1 aromatic rings. The molecule has 14 heavy (non-hydrogen) atoms. The average molecular weight is 290 g/mol. The number of halogens is 1. The van der Waals surface area contributed by atoms with E-state index in [1.807, 2.05) is 11.4 Å². The van der Waals surface area contributed by atoms with Gasteiger partial charge in [-0.15, -0.1) is 11.3 Å². The second-order valence-corrected chi connectivity index (χ2v) is 5.39. The summed E-state index contributed by atoms with van der Waals surface area (Å²) in [6.07, 6.45) is 1.71. The molecule has 0 bridgehead atoms. The summed E-state index contributed by atoms with van der Waals surface area (Å²) in [5.74, 6) is -0.315. The first-order valence-electron chi connectivity index (χ1n) is 3.64. The predicted octanol–water partition coefficient (Wildman–Crippen LogP) is 2.83. The highest BCUT2D eigenvalue weighted by Crippen LogP contribution is 2.28. The fourth-order valence-corrected chi connectivity index (χ4v) is 3.08. The fourth-order valence-electron chi connectivity index (χ4n) is 0.954. The first kappa shape index (κ1) is 9.95. The molecule has 2 rings (SSSR count). The van der Waals surface area contributed by atoms with Crippen molar-refractivity contribution in [2.45, 2.75) is 0 Å². The second kappa shape index (κ2) is 3.88. The number of imide groups is 1. The molecular weight excluding hydrogens is 286 g/mol. The van der Waals surface area contributed by atoms with Crippen molar-refractivity contribution in [2.24, 2.45) is 0 Å².